The summed E-state index contributed by atoms with van der Waals surface area (Å²) in [7, 11) is 0. The van der Waals surface area contributed by atoms with Crippen molar-refractivity contribution in [3.63, 3.8) is 0 Å². The van der Waals surface area contributed by atoms with E-state index in [2.05, 4.69) is 39.5 Å². The third-order valence-electron chi connectivity index (χ3n) is 3.57. The first-order valence-corrected chi connectivity index (χ1v) is 5.78. The summed E-state index contributed by atoms with van der Waals surface area (Å²) in [5.74, 6) is 1.78. The van der Waals surface area contributed by atoms with Crippen LogP contribution in [0.1, 0.15) is 47.5 Å². The molecule has 0 aromatic heterocycles. The second-order valence-corrected chi connectivity index (χ2v) is 5.22. The molecule has 0 aliphatic carbocycles. The van der Waals surface area contributed by atoms with Crippen molar-refractivity contribution in [3.8, 4) is 0 Å². The molecule has 2 atom stereocenters. The fourth-order valence-electron chi connectivity index (χ4n) is 2.43. The van der Waals surface area contributed by atoms with Gasteiger partial charge in [-0.1, -0.05) is 13.8 Å². The molecule has 0 N–H and O–H groups in total. The molecule has 0 amide bonds. The molecule has 13 heavy (non-hydrogen) atoms. The molecule has 1 rings (SSSR count). The Kier molecular flexibility index (Phi) is 3.78. The number of rotatable bonds is 2. The van der Waals surface area contributed by atoms with Crippen LogP contribution in [0.15, 0.2) is 0 Å². The molecule has 0 saturated carbocycles. The van der Waals surface area contributed by atoms with Gasteiger partial charge in [-0.25, -0.2) is 0 Å². The highest BCUT2D eigenvalue weighted by Gasteiger charge is 2.28. The van der Waals surface area contributed by atoms with Crippen molar-refractivity contribution in [1.29, 1.82) is 0 Å². The van der Waals surface area contributed by atoms with E-state index >= 15 is 0 Å². The first-order chi connectivity index (χ1) is 6.02. The van der Waals surface area contributed by atoms with Crippen LogP contribution in [0.4, 0.5) is 0 Å². The van der Waals surface area contributed by atoms with E-state index in [0.29, 0.717) is 0 Å². The molecule has 0 aromatic carbocycles. The van der Waals surface area contributed by atoms with Gasteiger partial charge in [-0.2, -0.15) is 0 Å². The Balaban J connectivity index is 2.53. The first kappa shape index (κ1) is 11.0. The molecule has 78 valence electrons. The standard InChI is InChI=1S/C12H25N/c1-9(2)12-7-6-11(5)13(8-12)10(3)4/h9-12H,6-8H2,1-5H3/t11-,12?/m0/s1. The lowest BCUT2D eigenvalue weighted by molar-refractivity contribution is 0.0691. The van der Waals surface area contributed by atoms with Gasteiger partial charge in [0.05, 0.1) is 0 Å². The maximum Gasteiger partial charge on any atom is 0.00698 e. The van der Waals surface area contributed by atoms with Gasteiger partial charge in [0.2, 0.25) is 0 Å². The van der Waals surface area contributed by atoms with E-state index in [1.165, 1.54) is 19.4 Å². The highest BCUT2D eigenvalue weighted by molar-refractivity contribution is 4.82. The molecule has 1 aliphatic rings. The molecule has 0 aromatic rings. The Morgan fingerprint density at radius 3 is 2.15 bits per heavy atom. The Bertz CT molecular complexity index is 151. The van der Waals surface area contributed by atoms with Crippen molar-refractivity contribution >= 4 is 0 Å². The highest BCUT2D eigenvalue weighted by Crippen LogP contribution is 2.28. The van der Waals surface area contributed by atoms with Crippen molar-refractivity contribution in [1.82, 2.24) is 4.90 Å². The average molecular weight is 183 g/mol. The van der Waals surface area contributed by atoms with Gasteiger partial charge in [0.15, 0.2) is 0 Å². The van der Waals surface area contributed by atoms with Gasteiger partial charge in [-0.3, -0.25) is 4.90 Å². The third kappa shape index (κ3) is 2.70. The molecule has 1 unspecified atom stereocenters. The monoisotopic (exact) mass is 183 g/mol. The molecule has 1 saturated heterocycles. The van der Waals surface area contributed by atoms with Crippen LogP contribution in [0.25, 0.3) is 0 Å². The predicted molar refractivity (Wildman–Crippen MR) is 58.9 cm³/mol. The summed E-state index contributed by atoms with van der Waals surface area (Å²) in [5.41, 5.74) is 0. The SMILES string of the molecule is CC(C)C1CC[C@H](C)N(C(C)C)C1. The van der Waals surface area contributed by atoms with Crippen LogP contribution in [0.2, 0.25) is 0 Å². The molecule has 0 spiro atoms. The van der Waals surface area contributed by atoms with Gasteiger partial charge in [-0.05, 0) is 45.4 Å². The lowest BCUT2D eigenvalue weighted by atomic mass is 9.85. The summed E-state index contributed by atoms with van der Waals surface area (Å²) in [5, 5.41) is 0. The minimum atomic E-state index is 0.719. The summed E-state index contributed by atoms with van der Waals surface area (Å²) in [6, 6.07) is 1.52. The van der Waals surface area contributed by atoms with Gasteiger partial charge in [-0.15, -0.1) is 0 Å². The van der Waals surface area contributed by atoms with Gasteiger partial charge in [0.1, 0.15) is 0 Å². The van der Waals surface area contributed by atoms with Crippen LogP contribution >= 0.6 is 0 Å². The van der Waals surface area contributed by atoms with Crippen LogP contribution in [-0.2, 0) is 0 Å². The second-order valence-electron chi connectivity index (χ2n) is 5.22. The Hall–Kier alpha value is -0.0400. The quantitative estimate of drug-likeness (QED) is 0.635. The summed E-state index contributed by atoms with van der Waals surface area (Å²) >= 11 is 0. The summed E-state index contributed by atoms with van der Waals surface area (Å²) in [6.07, 6.45) is 2.82. The molecule has 1 aliphatic heterocycles. The van der Waals surface area contributed by atoms with Gasteiger partial charge in [0, 0.05) is 18.6 Å². The molecule has 1 heteroatoms. The van der Waals surface area contributed by atoms with Gasteiger partial charge >= 0.3 is 0 Å². The molecular formula is C12H25N. The minimum Gasteiger partial charge on any atom is -0.298 e. The Morgan fingerprint density at radius 1 is 1.08 bits per heavy atom. The largest absolute Gasteiger partial charge is 0.298 e. The number of hydrogen-bond donors (Lipinski definition) is 0. The van der Waals surface area contributed by atoms with Crippen molar-refractivity contribution in [2.75, 3.05) is 6.54 Å². The fourth-order valence-corrected chi connectivity index (χ4v) is 2.43. The van der Waals surface area contributed by atoms with Crippen molar-refractivity contribution in [2.24, 2.45) is 11.8 Å². The van der Waals surface area contributed by atoms with Crippen LogP contribution in [0.3, 0.4) is 0 Å². The fraction of sp³-hybridized carbons (Fsp3) is 1.00. The number of likely N-dealkylation sites (tertiary alicyclic amines) is 1. The zero-order valence-electron chi connectivity index (χ0n) is 9.88. The van der Waals surface area contributed by atoms with Crippen LogP contribution in [0, 0.1) is 11.8 Å². The number of hydrogen-bond acceptors (Lipinski definition) is 1. The number of piperidine rings is 1. The maximum atomic E-state index is 2.66. The van der Waals surface area contributed by atoms with Crippen LogP contribution in [0.5, 0.6) is 0 Å². The average Bonchev–Trinajstić information content (AvgIpc) is 2.04. The number of nitrogens with zero attached hydrogens (tertiary/aromatic N) is 1. The van der Waals surface area contributed by atoms with Crippen molar-refractivity contribution < 1.29 is 0 Å². The lowest BCUT2D eigenvalue weighted by Gasteiger charge is -2.42. The first-order valence-electron chi connectivity index (χ1n) is 5.78. The summed E-state index contributed by atoms with van der Waals surface area (Å²) in [4.78, 5) is 2.66. The van der Waals surface area contributed by atoms with E-state index in [0.717, 1.165) is 23.9 Å². The van der Waals surface area contributed by atoms with E-state index in [-0.39, 0.29) is 0 Å². The van der Waals surface area contributed by atoms with E-state index in [1.54, 1.807) is 0 Å². The summed E-state index contributed by atoms with van der Waals surface area (Å²) < 4.78 is 0. The zero-order valence-corrected chi connectivity index (χ0v) is 9.88. The van der Waals surface area contributed by atoms with E-state index in [4.69, 9.17) is 0 Å². The van der Waals surface area contributed by atoms with Crippen molar-refractivity contribution in [2.45, 2.75) is 59.5 Å². The molecule has 1 nitrogen and oxygen atoms in total. The summed E-state index contributed by atoms with van der Waals surface area (Å²) in [6.45, 7) is 13.0. The predicted octanol–water partition coefficient (Wildman–Crippen LogP) is 3.15. The smallest absolute Gasteiger partial charge is 0.00698 e. The van der Waals surface area contributed by atoms with Crippen LogP contribution < -0.4 is 0 Å². The van der Waals surface area contributed by atoms with E-state index in [1.807, 2.05) is 0 Å². The van der Waals surface area contributed by atoms with Crippen molar-refractivity contribution in [3.05, 3.63) is 0 Å². The molecule has 0 radical (unpaired) electrons. The van der Waals surface area contributed by atoms with Crippen LogP contribution in [-0.4, -0.2) is 23.5 Å². The van der Waals surface area contributed by atoms with Gasteiger partial charge in [0.25, 0.3) is 0 Å². The van der Waals surface area contributed by atoms with Gasteiger partial charge < -0.3 is 0 Å². The zero-order chi connectivity index (χ0) is 10.0. The highest BCUT2D eigenvalue weighted by atomic mass is 15.2. The maximum absolute atomic E-state index is 2.66. The molecule has 1 fully saturated rings. The normalized spacial score (nSPS) is 31.6. The molecule has 1 heterocycles. The van der Waals surface area contributed by atoms with E-state index in [9.17, 15) is 0 Å². The van der Waals surface area contributed by atoms with E-state index < -0.39 is 0 Å². The lowest BCUT2D eigenvalue weighted by Crippen LogP contribution is -2.46. The topological polar surface area (TPSA) is 3.24 Å². The molecular weight excluding hydrogens is 158 g/mol. The Morgan fingerprint density at radius 2 is 1.69 bits per heavy atom. The second kappa shape index (κ2) is 4.45. The minimum absolute atomic E-state index is 0.719. The molecule has 0 bridgehead atoms. The third-order valence-corrected chi connectivity index (χ3v) is 3.57. The Labute approximate surface area is 83.5 Å².